The Hall–Kier alpha value is -2.99. The molecule has 0 saturated carbocycles. The van der Waals surface area contributed by atoms with Crippen LogP contribution in [0.4, 0.5) is 0 Å². The minimum atomic E-state index is 0.0750. The lowest BCUT2D eigenvalue weighted by Gasteiger charge is -2.23. The second kappa shape index (κ2) is 6.32. The predicted molar refractivity (Wildman–Crippen MR) is 105 cm³/mol. The van der Waals surface area contributed by atoms with Gasteiger partial charge in [0.15, 0.2) is 5.78 Å². The highest BCUT2D eigenvalue weighted by Crippen LogP contribution is 2.38. The third-order valence-corrected chi connectivity index (χ3v) is 6.10. The van der Waals surface area contributed by atoms with Gasteiger partial charge in [-0.3, -0.25) is 4.79 Å². The summed E-state index contributed by atoms with van der Waals surface area (Å²) in [7, 11) is 1.67. The summed E-state index contributed by atoms with van der Waals surface area (Å²) in [6.45, 7) is 0. The number of carbonyl (C=O) groups is 1. The molecule has 0 bridgehead atoms. The van der Waals surface area contributed by atoms with Crippen LogP contribution in [0, 0.1) is 0 Å². The quantitative estimate of drug-likeness (QED) is 0.532. The number of ether oxygens (including phenoxy) is 1. The molecule has 2 aromatic carbocycles. The highest BCUT2D eigenvalue weighted by molar-refractivity contribution is 7.20. The van der Waals surface area contributed by atoms with Gasteiger partial charge in [-0.25, -0.2) is 9.67 Å². The first kappa shape index (κ1) is 16.2. The molecule has 1 unspecified atom stereocenters. The average Bonchev–Trinajstić information content (AvgIpc) is 3.31. The molecule has 0 saturated heterocycles. The van der Waals surface area contributed by atoms with Gasteiger partial charge in [-0.2, -0.15) is 5.10 Å². The summed E-state index contributed by atoms with van der Waals surface area (Å²) in [5.41, 5.74) is 3.66. The van der Waals surface area contributed by atoms with E-state index in [0.29, 0.717) is 12.0 Å². The van der Waals surface area contributed by atoms with Crippen molar-refractivity contribution in [3.8, 4) is 10.9 Å². The van der Waals surface area contributed by atoms with E-state index in [1.165, 1.54) is 0 Å². The number of rotatable bonds is 3. The zero-order valence-corrected chi connectivity index (χ0v) is 15.6. The van der Waals surface area contributed by atoms with E-state index in [9.17, 15) is 4.79 Å². The predicted octanol–water partition coefficient (Wildman–Crippen LogP) is 4.40. The molecular formula is C21H17N3O2S. The summed E-state index contributed by atoms with van der Waals surface area (Å²) in [6, 6.07) is 16.0. The molecule has 134 valence electrons. The second-order valence-corrected chi connectivity index (χ2v) is 7.66. The van der Waals surface area contributed by atoms with Gasteiger partial charge in [-0.1, -0.05) is 41.7 Å². The molecule has 0 amide bonds. The molecular weight excluding hydrogens is 358 g/mol. The van der Waals surface area contributed by atoms with Gasteiger partial charge in [0.25, 0.3) is 0 Å². The molecule has 0 aliphatic heterocycles. The van der Waals surface area contributed by atoms with Crippen LogP contribution in [-0.2, 0) is 6.42 Å². The average molecular weight is 375 g/mol. The van der Waals surface area contributed by atoms with Crippen LogP contribution in [0.15, 0.2) is 54.7 Å². The monoisotopic (exact) mass is 375 g/mol. The zero-order valence-electron chi connectivity index (χ0n) is 14.8. The third kappa shape index (κ3) is 2.64. The maximum absolute atomic E-state index is 12.8. The summed E-state index contributed by atoms with van der Waals surface area (Å²) in [4.78, 5) is 17.5. The van der Waals surface area contributed by atoms with E-state index < -0.39 is 0 Å². The number of carbonyl (C=O) groups excluding carboxylic acids is 1. The summed E-state index contributed by atoms with van der Waals surface area (Å²) in [5.74, 6) is 1.02. The number of hydrogen-bond acceptors (Lipinski definition) is 5. The number of aromatic nitrogens is 3. The Morgan fingerprint density at radius 1 is 1.11 bits per heavy atom. The van der Waals surface area contributed by atoms with Crippen LogP contribution >= 0.6 is 11.3 Å². The Kier molecular flexibility index (Phi) is 3.79. The van der Waals surface area contributed by atoms with Crippen molar-refractivity contribution in [2.24, 2.45) is 0 Å². The molecule has 27 heavy (non-hydrogen) atoms. The summed E-state index contributed by atoms with van der Waals surface area (Å²) in [5, 5.41) is 5.29. The molecule has 5 nitrogen and oxygen atoms in total. The van der Waals surface area contributed by atoms with Crippen molar-refractivity contribution < 1.29 is 9.53 Å². The normalized spacial score (nSPS) is 16.5. The van der Waals surface area contributed by atoms with Crippen molar-refractivity contribution in [3.63, 3.8) is 0 Å². The summed E-state index contributed by atoms with van der Waals surface area (Å²) >= 11 is 1.59. The van der Waals surface area contributed by atoms with Gasteiger partial charge < -0.3 is 4.74 Å². The number of nitrogens with zero attached hydrogens (tertiary/aromatic N) is 3. The van der Waals surface area contributed by atoms with E-state index in [4.69, 9.17) is 9.72 Å². The zero-order chi connectivity index (χ0) is 18.4. The summed E-state index contributed by atoms with van der Waals surface area (Å²) < 4.78 is 8.46. The molecule has 1 aliphatic rings. The number of Topliss-reactive ketones (excluding diaryl/α,β-unsaturated/α-hetero) is 1. The SMILES string of the molecule is COc1ccccc1C1CC(=O)c2cnn(-c3nc4ccccc4s3)c2C1. The van der Waals surface area contributed by atoms with Crippen molar-refractivity contribution >= 4 is 27.3 Å². The van der Waals surface area contributed by atoms with Crippen LogP contribution in [0.1, 0.15) is 34.0 Å². The fourth-order valence-corrected chi connectivity index (χ4v) is 4.73. The maximum atomic E-state index is 12.8. The standard InChI is InChI=1S/C21H17N3O2S/c1-26-19-8-4-2-6-14(19)13-10-17-15(18(25)11-13)12-22-24(17)21-23-16-7-3-5-9-20(16)27-21/h2-9,12-13H,10-11H2,1H3. The minimum absolute atomic E-state index is 0.0750. The van der Waals surface area contributed by atoms with Crippen LogP contribution in [-0.4, -0.2) is 27.7 Å². The van der Waals surface area contributed by atoms with E-state index in [2.05, 4.69) is 11.2 Å². The van der Waals surface area contributed by atoms with Gasteiger partial charge in [-0.05, 0) is 30.2 Å². The maximum Gasteiger partial charge on any atom is 0.211 e. The van der Waals surface area contributed by atoms with Crippen molar-refractivity contribution in [1.29, 1.82) is 0 Å². The molecule has 6 heteroatoms. The van der Waals surface area contributed by atoms with Gasteiger partial charge in [0.2, 0.25) is 5.13 Å². The van der Waals surface area contributed by atoms with Crippen molar-refractivity contribution in [3.05, 3.63) is 71.5 Å². The van der Waals surface area contributed by atoms with Crippen LogP contribution in [0.5, 0.6) is 5.75 Å². The topological polar surface area (TPSA) is 57.0 Å². The Morgan fingerprint density at radius 2 is 1.93 bits per heavy atom. The first-order valence-corrected chi connectivity index (χ1v) is 9.65. The summed E-state index contributed by atoms with van der Waals surface area (Å²) in [6.07, 6.45) is 2.89. The van der Waals surface area contributed by atoms with E-state index >= 15 is 0 Å². The molecule has 5 rings (SSSR count). The highest BCUT2D eigenvalue weighted by Gasteiger charge is 2.32. The Morgan fingerprint density at radius 3 is 2.78 bits per heavy atom. The second-order valence-electron chi connectivity index (χ2n) is 6.65. The number of benzene rings is 2. The Balaban J connectivity index is 1.59. The van der Waals surface area contributed by atoms with Crippen LogP contribution < -0.4 is 4.74 Å². The van der Waals surface area contributed by atoms with E-state index in [1.54, 1.807) is 24.6 Å². The lowest BCUT2D eigenvalue weighted by molar-refractivity contribution is 0.0963. The van der Waals surface area contributed by atoms with Crippen LogP contribution in [0.2, 0.25) is 0 Å². The molecule has 0 fully saturated rings. The van der Waals surface area contributed by atoms with Crippen molar-refractivity contribution in [2.45, 2.75) is 18.8 Å². The molecule has 0 radical (unpaired) electrons. The Labute approximate surface area is 160 Å². The van der Waals surface area contributed by atoms with Gasteiger partial charge >= 0.3 is 0 Å². The van der Waals surface area contributed by atoms with E-state index in [1.807, 2.05) is 47.1 Å². The number of hydrogen-bond donors (Lipinski definition) is 0. The van der Waals surface area contributed by atoms with Gasteiger partial charge in [0.05, 0.1) is 34.8 Å². The minimum Gasteiger partial charge on any atom is -0.496 e. The molecule has 0 spiro atoms. The molecule has 2 aromatic heterocycles. The van der Waals surface area contributed by atoms with E-state index in [-0.39, 0.29) is 11.7 Å². The largest absolute Gasteiger partial charge is 0.496 e. The number of thiazole rings is 1. The lowest BCUT2D eigenvalue weighted by atomic mass is 9.82. The number of para-hydroxylation sites is 2. The highest BCUT2D eigenvalue weighted by atomic mass is 32.1. The number of fused-ring (bicyclic) bond motifs is 2. The molecule has 1 aliphatic carbocycles. The van der Waals surface area contributed by atoms with Crippen LogP contribution in [0.3, 0.4) is 0 Å². The third-order valence-electron chi connectivity index (χ3n) is 5.08. The fraction of sp³-hybridized carbons (Fsp3) is 0.190. The number of ketones is 1. The molecule has 0 N–H and O–H groups in total. The van der Waals surface area contributed by atoms with Gasteiger partial charge in [0, 0.05) is 12.3 Å². The molecule has 1 atom stereocenters. The number of methoxy groups -OCH3 is 1. The van der Waals surface area contributed by atoms with Crippen LogP contribution in [0.25, 0.3) is 15.3 Å². The van der Waals surface area contributed by atoms with E-state index in [0.717, 1.165) is 38.8 Å². The first-order valence-electron chi connectivity index (χ1n) is 8.83. The molecule has 2 heterocycles. The lowest BCUT2D eigenvalue weighted by Crippen LogP contribution is -2.20. The van der Waals surface area contributed by atoms with Gasteiger partial charge in [-0.15, -0.1) is 0 Å². The molecule has 4 aromatic rings. The smallest absolute Gasteiger partial charge is 0.211 e. The van der Waals surface area contributed by atoms with Crippen molar-refractivity contribution in [2.75, 3.05) is 7.11 Å². The first-order chi connectivity index (χ1) is 13.2. The fourth-order valence-electron chi connectivity index (χ4n) is 3.78. The van der Waals surface area contributed by atoms with Crippen molar-refractivity contribution in [1.82, 2.24) is 14.8 Å². The van der Waals surface area contributed by atoms with Gasteiger partial charge in [0.1, 0.15) is 5.75 Å². The Bertz CT molecular complexity index is 1130.